The van der Waals surface area contributed by atoms with Gasteiger partial charge in [-0.1, -0.05) is 86.3 Å². The number of hydroxylamine groups is 4. The topological polar surface area (TPSA) is 99.5 Å². The molecule has 0 bridgehead atoms. The summed E-state index contributed by atoms with van der Waals surface area (Å²) in [7, 11) is 0. The zero-order chi connectivity index (χ0) is 36.8. The first kappa shape index (κ1) is 40.0. The molecule has 2 aromatic rings. The van der Waals surface area contributed by atoms with E-state index in [9.17, 15) is 14.7 Å². The maximum Gasteiger partial charge on any atom is 0.310 e. The lowest BCUT2D eigenvalue weighted by atomic mass is 9.52. The molecule has 0 radical (unpaired) electrons. The van der Waals surface area contributed by atoms with E-state index in [2.05, 4.69) is 89.8 Å². The van der Waals surface area contributed by atoms with Crippen molar-refractivity contribution >= 4 is 11.9 Å². The Morgan fingerprint density at radius 3 is 1.34 bits per heavy atom. The van der Waals surface area contributed by atoms with Crippen molar-refractivity contribution in [3.8, 4) is 0 Å². The molecule has 2 fully saturated rings. The predicted octanol–water partition coefficient (Wildman–Crippen LogP) is 9.67. The van der Waals surface area contributed by atoms with Crippen LogP contribution in [-0.4, -0.2) is 54.4 Å². The summed E-state index contributed by atoms with van der Waals surface area (Å²) in [5.41, 5.74) is -0.328. The summed E-state index contributed by atoms with van der Waals surface area (Å²) in [4.78, 5) is 38.3. The standard InChI is InChI=1S/C42H64N2O6/c1-38(2)26-34(27-39(3,4)43(38)49-30-32-20-14-12-15-21-32)42(37(47)48,25-19-11-9-10-18-24-36(45)46)35-28-40(5,6)44(41(7,8)29-35)50-31-33-22-16-13-17-23-33/h12-17,20-23,34-35H,9-11,18-19,24-31H2,1-8H3,(H,45,46)(H,47,48). The Labute approximate surface area is 301 Å². The van der Waals surface area contributed by atoms with Crippen LogP contribution in [0.3, 0.4) is 0 Å². The highest BCUT2D eigenvalue weighted by Crippen LogP contribution is 2.58. The van der Waals surface area contributed by atoms with E-state index in [0.29, 0.717) is 51.7 Å². The molecule has 50 heavy (non-hydrogen) atoms. The second-order valence-corrected chi connectivity index (χ2v) is 17.6. The Morgan fingerprint density at radius 2 is 0.980 bits per heavy atom. The quantitative estimate of drug-likeness (QED) is 0.158. The van der Waals surface area contributed by atoms with Gasteiger partial charge in [-0.3, -0.25) is 19.3 Å². The van der Waals surface area contributed by atoms with Gasteiger partial charge in [-0.25, -0.2) is 0 Å². The SMILES string of the molecule is CC1(C)CC(C(CCCCCCCC(=O)O)(C(=O)O)C2CC(C)(C)N(OCc3ccccc3)C(C)(C)C2)CC(C)(C)N1OCc1ccccc1. The number of aliphatic carboxylic acids is 2. The van der Waals surface area contributed by atoms with Gasteiger partial charge >= 0.3 is 11.9 Å². The molecule has 0 atom stereocenters. The van der Waals surface area contributed by atoms with E-state index in [1.165, 1.54) is 0 Å². The van der Waals surface area contributed by atoms with Crippen LogP contribution in [0.1, 0.15) is 137 Å². The fraction of sp³-hybridized carbons (Fsp3) is 0.667. The molecule has 0 saturated carbocycles. The van der Waals surface area contributed by atoms with Crippen LogP contribution < -0.4 is 0 Å². The van der Waals surface area contributed by atoms with Crippen molar-refractivity contribution in [2.24, 2.45) is 17.3 Å². The summed E-state index contributed by atoms with van der Waals surface area (Å²) in [5, 5.41) is 25.0. The largest absolute Gasteiger partial charge is 0.481 e. The van der Waals surface area contributed by atoms with Crippen LogP contribution in [0.25, 0.3) is 0 Å². The van der Waals surface area contributed by atoms with Gasteiger partial charge in [-0.15, -0.1) is 0 Å². The number of carbonyl (C=O) groups is 2. The van der Waals surface area contributed by atoms with Crippen molar-refractivity contribution < 1.29 is 29.5 Å². The summed E-state index contributed by atoms with van der Waals surface area (Å²) in [6.07, 6.45) is 7.74. The van der Waals surface area contributed by atoms with Gasteiger partial charge in [0.15, 0.2) is 0 Å². The Bertz CT molecular complexity index is 1270. The third-order valence-corrected chi connectivity index (χ3v) is 11.4. The van der Waals surface area contributed by atoms with Gasteiger partial charge in [-0.2, -0.15) is 10.1 Å². The summed E-state index contributed by atoms with van der Waals surface area (Å²) in [5.74, 6) is -1.58. The predicted molar refractivity (Wildman–Crippen MR) is 198 cm³/mol. The molecule has 0 aromatic heterocycles. The highest BCUT2D eigenvalue weighted by molar-refractivity contribution is 5.76. The van der Waals surface area contributed by atoms with Crippen LogP contribution in [0, 0.1) is 17.3 Å². The summed E-state index contributed by atoms with van der Waals surface area (Å²) >= 11 is 0. The van der Waals surface area contributed by atoms with Gasteiger partial charge in [0.1, 0.15) is 0 Å². The number of benzene rings is 2. The van der Waals surface area contributed by atoms with Crippen molar-refractivity contribution in [3.05, 3.63) is 71.8 Å². The second kappa shape index (κ2) is 16.3. The molecule has 278 valence electrons. The lowest BCUT2D eigenvalue weighted by Crippen LogP contribution is -2.66. The van der Waals surface area contributed by atoms with Gasteiger partial charge in [-0.05, 0) is 117 Å². The molecule has 2 aliphatic rings. The van der Waals surface area contributed by atoms with Crippen molar-refractivity contribution in [1.82, 2.24) is 10.1 Å². The maximum absolute atomic E-state index is 14.1. The smallest absolute Gasteiger partial charge is 0.310 e. The summed E-state index contributed by atoms with van der Waals surface area (Å²) in [6.45, 7) is 18.6. The number of nitrogens with zero attached hydrogens (tertiary/aromatic N) is 2. The zero-order valence-electron chi connectivity index (χ0n) is 32.0. The molecule has 2 N–H and O–H groups in total. The van der Waals surface area contributed by atoms with Crippen molar-refractivity contribution in [3.63, 3.8) is 0 Å². The third kappa shape index (κ3) is 9.55. The summed E-state index contributed by atoms with van der Waals surface area (Å²) in [6, 6.07) is 20.4. The minimum absolute atomic E-state index is 0.0676. The van der Waals surface area contributed by atoms with E-state index < -0.39 is 39.5 Å². The maximum atomic E-state index is 14.1. The second-order valence-electron chi connectivity index (χ2n) is 17.6. The van der Waals surface area contributed by atoms with Crippen molar-refractivity contribution in [1.29, 1.82) is 0 Å². The minimum Gasteiger partial charge on any atom is -0.481 e. The highest BCUT2D eigenvalue weighted by Gasteiger charge is 2.61. The molecule has 0 unspecified atom stereocenters. The zero-order valence-corrected chi connectivity index (χ0v) is 32.0. The molecule has 8 heteroatoms. The Hall–Kier alpha value is -2.78. The number of carboxylic acids is 2. The molecule has 2 aromatic carbocycles. The lowest BCUT2D eigenvalue weighted by molar-refractivity contribution is -0.312. The minimum atomic E-state index is -0.943. The van der Waals surface area contributed by atoms with Crippen LogP contribution in [0.5, 0.6) is 0 Å². The van der Waals surface area contributed by atoms with Crippen LogP contribution in [-0.2, 0) is 32.5 Å². The molecular weight excluding hydrogens is 628 g/mol. The number of carboxylic acid groups (broad SMARTS) is 2. The van der Waals surface area contributed by atoms with Gasteiger partial charge in [0, 0.05) is 28.6 Å². The molecule has 0 aliphatic carbocycles. The number of piperidine rings is 2. The average molecular weight is 693 g/mol. The van der Waals surface area contributed by atoms with Gasteiger partial charge < -0.3 is 10.2 Å². The van der Waals surface area contributed by atoms with Crippen LogP contribution >= 0.6 is 0 Å². The van der Waals surface area contributed by atoms with E-state index in [1.807, 2.05) is 36.4 Å². The first-order valence-corrected chi connectivity index (χ1v) is 18.8. The number of hydrogen-bond acceptors (Lipinski definition) is 6. The normalized spacial score (nSPS) is 21.2. The monoisotopic (exact) mass is 692 g/mol. The molecule has 0 amide bonds. The number of hydrogen-bond donors (Lipinski definition) is 2. The highest BCUT2D eigenvalue weighted by atomic mass is 16.7. The fourth-order valence-electron chi connectivity index (χ4n) is 9.80. The van der Waals surface area contributed by atoms with Gasteiger partial charge in [0.2, 0.25) is 0 Å². The molecule has 2 saturated heterocycles. The number of rotatable bonds is 17. The van der Waals surface area contributed by atoms with Gasteiger partial charge in [0.25, 0.3) is 0 Å². The molecule has 0 spiro atoms. The first-order chi connectivity index (χ1) is 23.4. The first-order valence-electron chi connectivity index (χ1n) is 18.8. The molecule has 2 heterocycles. The van der Waals surface area contributed by atoms with Gasteiger partial charge in [0.05, 0.1) is 18.6 Å². The summed E-state index contributed by atoms with van der Waals surface area (Å²) < 4.78 is 0. The van der Waals surface area contributed by atoms with E-state index >= 15 is 0 Å². The Balaban J connectivity index is 1.63. The van der Waals surface area contributed by atoms with E-state index in [0.717, 1.165) is 36.8 Å². The van der Waals surface area contributed by atoms with Crippen molar-refractivity contribution in [2.45, 2.75) is 161 Å². The number of unbranched alkanes of at least 4 members (excludes halogenated alkanes) is 4. The molecular formula is C42H64N2O6. The van der Waals surface area contributed by atoms with Crippen LogP contribution in [0.15, 0.2) is 60.7 Å². The molecule has 2 aliphatic heterocycles. The van der Waals surface area contributed by atoms with E-state index in [1.54, 1.807) is 0 Å². The third-order valence-electron chi connectivity index (χ3n) is 11.4. The fourth-order valence-corrected chi connectivity index (χ4v) is 9.80. The average Bonchev–Trinajstić information content (AvgIpc) is 3.01. The van der Waals surface area contributed by atoms with E-state index in [4.69, 9.17) is 14.8 Å². The molecule has 4 rings (SSSR count). The van der Waals surface area contributed by atoms with E-state index in [-0.39, 0.29) is 18.3 Å². The van der Waals surface area contributed by atoms with Crippen LogP contribution in [0.4, 0.5) is 0 Å². The lowest BCUT2D eigenvalue weighted by Gasteiger charge is -2.61. The Kier molecular flexibility index (Phi) is 13.0. The molecule has 8 nitrogen and oxygen atoms in total. The van der Waals surface area contributed by atoms with Crippen LogP contribution in [0.2, 0.25) is 0 Å². The Morgan fingerprint density at radius 1 is 0.620 bits per heavy atom. The van der Waals surface area contributed by atoms with Crippen molar-refractivity contribution in [2.75, 3.05) is 0 Å².